The number of pyridine rings is 1. The van der Waals surface area contributed by atoms with Gasteiger partial charge in [0.1, 0.15) is 5.65 Å². The summed E-state index contributed by atoms with van der Waals surface area (Å²) < 4.78 is 2.12. The maximum absolute atomic E-state index is 4.82. The largest absolute Gasteiger partial charge is 0.371 e. The van der Waals surface area contributed by atoms with Crippen LogP contribution in [-0.4, -0.2) is 22.5 Å². The van der Waals surface area contributed by atoms with Gasteiger partial charge >= 0.3 is 0 Å². The summed E-state index contributed by atoms with van der Waals surface area (Å²) in [6.07, 6.45) is 8.21. The predicted octanol–water partition coefficient (Wildman–Crippen LogP) is 4.30. The van der Waals surface area contributed by atoms with Crippen molar-refractivity contribution in [3.63, 3.8) is 0 Å². The second-order valence-electron chi connectivity index (χ2n) is 6.19. The zero-order chi connectivity index (χ0) is 14.9. The minimum absolute atomic E-state index is 1.03. The van der Waals surface area contributed by atoms with Crippen LogP contribution in [0.3, 0.4) is 0 Å². The maximum Gasteiger partial charge on any atom is 0.139 e. The minimum atomic E-state index is 1.03. The first kappa shape index (κ1) is 13.4. The zero-order valence-electron chi connectivity index (χ0n) is 13.0. The van der Waals surface area contributed by atoms with Crippen LogP contribution in [0, 0.1) is 6.92 Å². The molecule has 1 aromatic carbocycles. The first-order valence-corrected chi connectivity index (χ1v) is 8.10. The van der Waals surface area contributed by atoms with Crippen molar-refractivity contribution in [3.05, 3.63) is 54.4 Å². The van der Waals surface area contributed by atoms with Gasteiger partial charge in [0.25, 0.3) is 0 Å². The Labute approximate surface area is 131 Å². The third-order valence-electron chi connectivity index (χ3n) is 4.48. The highest BCUT2D eigenvalue weighted by atomic mass is 15.1. The van der Waals surface area contributed by atoms with E-state index in [1.54, 1.807) is 0 Å². The van der Waals surface area contributed by atoms with Crippen LogP contribution in [0.1, 0.15) is 24.8 Å². The number of aromatic nitrogens is 2. The van der Waals surface area contributed by atoms with Gasteiger partial charge in [0.15, 0.2) is 0 Å². The van der Waals surface area contributed by atoms with Crippen molar-refractivity contribution < 1.29 is 0 Å². The standard InChI is InChI=1S/C19H21N3/c1-15-6-5-7-16(12-15)18-14-22-11-8-17(13-19(22)20-18)21-9-3-2-4-10-21/h5-8,11-14H,2-4,9-10H2,1H3. The molecule has 1 aliphatic heterocycles. The fourth-order valence-electron chi connectivity index (χ4n) is 3.26. The van der Waals surface area contributed by atoms with E-state index in [1.165, 1.54) is 49.2 Å². The number of rotatable bonds is 2. The van der Waals surface area contributed by atoms with Crippen molar-refractivity contribution >= 4 is 11.3 Å². The molecule has 0 aliphatic carbocycles. The van der Waals surface area contributed by atoms with Crippen molar-refractivity contribution in [2.45, 2.75) is 26.2 Å². The molecule has 0 saturated carbocycles. The Bertz CT molecular complexity index is 797. The molecule has 4 rings (SSSR count). The van der Waals surface area contributed by atoms with Gasteiger partial charge in [-0.3, -0.25) is 0 Å². The maximum atomic E-state index is 4.82. The summed E-state index contributed by atoms with van der Waals surface area (Å²) in [6, 6.07) is 12.9. The normalized spacial score (nSPS) is 15.4. The molecule has 0 N–H and O–H groups in total. The van der Waals surface area contributed by atoms with Gasteiger partial charge in [-0.1, -0.05) is 23.8 Å². The predicted molar refractivity (Wildman–Crippen MR) is 91.4 cm³/mol. The molecule has 1 fully saturated rings. The van der Waals surface area contributed by atoms with Gasteiger partial charge in [0.05, 0.1) is 5.69 Å². The number of aryl methyl sites for hydroxylation is 1. The molecule has 0 bridgehead atoms. The van der Waals surface area contributed by atoms with Crippen LogP contribution in [0.2, 0.25) is 0 Å². The van der Waals surface area contributed by atoms with E-state index < -0.39 is 0 Å². The van der Waals surface area contributed by atoms with Crippen molar-refractivity contribution in [2.75, 3.05) is 18.0 Å². The smallest absolute Gasteiger partial charge is 0.139 e. The molecule has 112 valence electrons. The van der Waals surface area contributed by atoms with Crippen LogP contribution in [0.5, 0.6) is 0 Å². The average Bonchev–Trinajstić information content (AvgIpc) is 2.99. The average molecular weight is 291 g/mol. The summed E-state index contributed by atoms with van der Waals surface area (Å²) >= 11 is 0. The lowest BCUT2D eigenvalue weighted by molar-refractivity contribution is 0.578. The third-order valence-corrected chi connectivity index (χ3v) is 4.48. The van der Waals surface area contributed by atoms with E-state index >= 15 is 0 Å². The Morgan fingerprint density at radius 3 is 2.68 bits per heavy atom. The lowest BCUT2D eigenvalue weighted by atomic mass is 10.1. The highest BCUT2D eigenvalue weighted by molar-refractivity contribution is 5.65. The van der Waals surface area contributed by atoms with Crippen LogP contribution < -0.4 is 4.90 Å². The highest BCUT2D eigenvalue weighted by Gasteiger charge is 2.12. The molecule has 3 heteroatoms. The molecule has 0 radical (unpaired) electrons. The van der Waals surface area contributed by atoms with E-state index in [4.69, 9.17) is 4.98 Å². The summed E-state index contributed by atoms with van der Waals surface area (Å²) in [5.74, 6) is 0. The quantitative estimate of drug-likeness (QED) is 0.701. The van der Waals surface area contributed by atoms with Crippen molar-refractivity contribution in [1.29, 1.82) is 0 Å². The summed E-state index contributed by atoms with van der Waals surface area (Å²) in [4.78, 5) is 7.29. The van der Waals surface area contributed by atoms with E-state index in [2.05, 4.69) is 65.0 Å². The number of hydrogen-bond acceptors (Lipinski definition) is 2. The van der Waals surface area contributed by atoms with E-state index in [1.807, 2.05) is 0 Å². The molecule has 0 amide bonds. The first-order valence-electron chi connectivity index (χ1n) is 8.10. The van der Waals surface area contributed by atoms with Crippen molar-refractivity contribution in [1.82, 2.24) is 9.38 Å². The zero-order valence-corrected chi connectivity index (χ0v) is 13.0. The summed E-state index contributed by atoms with van der Waals surface area (Å²) in [6.45, 7) is 4.46. The molecule has 2 aromatic heterocycles. The molecular formula is C19H21N3. The van der Waals surface area contributed by atoms with Gasteiger partial charge in [-0.05, 0) is 38.3 Å². The SMILES string of the molecule is Cc1cccc(-c2cn3ccc(N4CCCCC4)cc3n2)c1. The molecule has 0 atom stereocenters. The minimum Gasteiger partial charge on any atom is -0.371 e. The number of fused-ring (bicyclic) bond motifs is 1. The number of nitrogens with zero attached hydrogens (tertiary/aromatic N) is 3. The summed E-state index contributed by atoms with van der Waals surface area (Å²) in [5, 5.41) is 0. The first-order chi connectivity index (χ1) is 10.8. The monoisotopic (exact) mass is 291 g/mol. The van der Waals surface area contributed by atoms with Gasteiger partial charge < -0.3 is 9.30 Å². The van der Waals surface area contributed by atoms with Gasteiger partial charge in [-0.15, -0.1) is 0 Å². The molecule has 3 heterocycles. The van der Waals surface area contributed by atoms with Crippen LogP contribution in [0.25, 0.3) is 16.9 Å². The number of imidazole rings is 1. The van der Waals surface area contributed by atoms with E-state index in [0.717, 1.165) is 11.3 Å². The molecule has 3 aromatic rings. The van der Waals surface area contributed by atoms with Crippen LogP contribution in [0.15, 0.2) is 48.8 Å². The Kier molecular flexibility index (Phi) is 3.34. The lowest BCUT2D eigenvalue weighted by Crippen LogP contribution is -2.29. The fourth-order valence-corrected chi connectivity index (χ4v) is 3.26. The second kappa shape index (κ2) is 5.48. The lowest BCUT2D eigenvalue weighted by Gasteiger charge is -2.28. The summed E-state index contributed by atoms with van der Waals surface area (Å²) in [5.41, 5.74) is 5.82. The highest BCUT2D eigenvalue weighted by Crippen LogP contribution is 2.24. The number of hydrogen-bond donors (Lipinski definition) is 0. The number of benzene rings is 1. The van der Waals surface area contributed by atoms with Gasteiger partial charge in [-0.25, -0.2) is 4.98 Å². The molecule has 1 saturated heterocycles. The molecule has 3 nitrogen and oxygen atoms in total. The third kappa shape index (κ3) is 2.47. The Morgan fingerprint density at radius 1 is 1.00 bits per heavy atom. The van der Waals surface area contributed by atoms with E-state index in [0.29, 0.717) is 0 Å². The van der Waals surface area contributed by atoms with E-state index in [9.17, 15) is 0 Å². The summed E-state index contributed by atoms with van der Waals surface area (Å²) in [7, 11) is 0. The molecule has 0 spiro atoms. The fraction of sp³-hybridized carbons (Fsp3) is 0.316. The Balaban J connectivity index is 1.71. The molecule has 22 heavy (non-hydrogen) atoms. The van der Waals surface area contributed by atoms with Gasteiger partial charge in [-0.2, -0.15) is 0 Å². The second-order valence-corrected chi connectivity index (χ2v) is 6.19. The number of piperidine rings is 1. The Hall–Kier alpha value is -2.29. The Morgan fingerprint density at radius 2 is 1.86 bits per heavy atom. The van der Waals surface area contributed by atoms with Crippen molar-refractivity contribution in [3.8, 4) is 11.3 Å². The van der Waals surface area contributed by atoms with Gasteiger partial charge in [0, 0.05) is 42.8 Å². The van der Waals surface area contributed by atoms with Crippen LogP contribution in [0.4, 0.5) is 5.69 Å². The molecule has 1 aliphatic rings. The topological polar surface area (TPSA) is 20.5 Å². The van der Waals surface area contributed by atoms with Crippen molar-refractivity contribution in [2.24, 2.45) is 0 Å². The van der Waals surface area contributed by atoms with E-state index in [-0.39, 0.29) is 0 Å². The van der Waals surface area contributed by atoms with Crippen LogP contribution >= 0.6 is 0 Å². The molecule has 0 unspecified atom stereocenters. The molecular weight excluding hydrogens is 270 g/mol. The number of anilines is 1. The van der Waals surface area contributed by atoms with Crippen LogP contribution in [-0.2, 0) is 0 Å². The van der Waals surface area contributed by atoms with Gasteiger partial charge in [0.2, 0.25) is 0 Å².